The van der Waals surface area contributed by atoms with Gasteiger partial charge in [-0.15, -0.1) is 0 Å². The van der Waals surface area contributed by atoms with Crippen molar-refractivity contribution >= 4 is 17.5 Å². The van der Waals surface area contributed by atoms with Gasteiger partial charge in [0.2, 0.25) is 5.91 Å². The minimum atomic E-state index is 0.181. The molecule has 0 spiro atoms. The summed E-state index contributed by atoms with van der Waals surface area (Å²) in [7, 11) is 1.70. The Morgan fingerprint density at radius 2 is 2.00 bits per heavy atom. The lowest BCUT2D eigenvalue weighted by atomic mass is 9.81. The van der Waals surface area contributed by atoms with Crippen molar-refractivity contribution in [3.05, 3.63) is 64.7 Å². The van der Waals surface area contributed by atoms with Gasteiger partial charge in [0.15, 0.2) is 0 Å². The Labute approximate surface area is 172 Å². The summed E-state index contributed by atoms with van der Waals surface area (Å²) in [5.41, 5.74) is 2.43. The first-order chi connectivity index (χ1) is 13.6. The maximum atomic E-state index is 12.3. The third kappa shape index (κ3) is 3.76. The van der Waals surface area contributed by atoms with Crippen LogP contribution in [0.1, 0.15) is 30.4 Å². The molecule has 4 rings (SSSR count). The smallest absolute Gasteiger partial charge is 0.219 e. The Hall–Kier alpha value is -2.04. The van der Waals surface area contributed by atoms with Crippen LogP contribution in [0.3, 0.4) is 0 Å². The van der Waals surface area contributed by atoms with E-state index >= 15 is 0 Å². The fourth-order valence-electron chi connectivity index (χ4n) is 4.90. The second-order valence-electron chi connectivity index (χ2n) is 7.90. The standard InChI is InChI=1S/C23H27ClN2O2/c1-16(27)26-15-20(17-7-5-8-19(12-17)28-2)21-14-25(11-10-23(21)26)13-18-6-3-4-9-22(18)24/h3-9,12,20-21,23H,10-11,13-15H2,1-2H3/t20-,21-,23-/m0/s1. The lowest BCUT2D eigenvalue weighted by Crippen LogP contribution is -2.47. The van der Waals surface area contributed by atoms with Crippen LogP contribution in [0.15, 0.2) is 48.5 Å². The van der Waals surface area contributed by atoms with Gasteiger partial charge >= 0.3 is 0 Å². The van der Waals surface area contributed by atoms with Crippen LogP contribution in [0.25, 0.3) is 0 Å². The summed E-state index contributed by atoms with van der Waals surface area (Å²) in [6, 6.07) is 16.7. The highest BCUT2D eigenvalue weighted by molar-refractivity contribution is 6.31. The van der Waals surface area contributed by atoms with Crippen LogP contribution < -0.4 is 4.74 Å². The highest BCUT2D eigenvalue weighted by atomic mass is 35.5. The molecule has 2 aliphatic rings. The molecule has 1 amide bonds. The van der Waals surface area contributed by atoms with Gasteiger partial charge in [-0.1, -0.05) is 41.9 Å². The van der Waals surface area contributed by atoms with Crippen molar-refractivity contribution in [1.29, 1.82) is 0 Å². The number of amides is 1. The zero-order chi connectivity index (χ0) is 19.7. The molecule has 2 aliphatic heterocycles. The normalized spacial score (nSPS) is 24.8. The van der Waals surface area contributed by atoms with Crippen molar-refractivity contribution in [3.63, 3.8) is 0 Å². The van der Waals surface area contributed by atoms with Gasteiger partial charge in [-0.25, -0.2) is 0 Å². The molecule has 0 N–H and O–H groups in total. The number of nitrogens with zero attached hydrogens (tertiary/aromatic N) is 2. The predicted molar refractivity (Wildman–Crippen MR) is 112 cm³/mol. The van der Waals surface area contributed by atoms with Gasteiger partial charge in [-0.2, -0.15) is 0 Å². The van der Waals surface area contributed by atoms with Crippen molar-refractivity contribution in [2.24, 2.45) is 5.92 Å². The molecule has 2 saturated heterocycles. The molecule has 0 aromatic heterocycles. The SMILES string of the molecule is COc1cccc([C@@H]2CN(C(C)=O)[C@H]3CCN(Cc4ccccc4Cl)C[C@@H]23)c1. The third-order valence-corrected chi connectivity index (χ3v) is 6.66. The van der Waals surface area contributed by atoms with Crippen LogP contribution in [-0.2, 0) is 11.3 Å². The number of fused-ring (bicyclic) bond motifs is 1. The van der Waals surface area contributed by atoms with E-state index in [0.717, 1.165) is 43.4 Å². The molecule has 28 heavy (non-hydrogen) atoms. The van der Waals surface area contributed by atoms with Crippen LogP contribution in [0.2, 0.25) is 5.02 Å². The first-order valence-electron chi connectivity index (χ1n) is 9.93. The lowest BCUT2D eigenvalue weighted by Gasteiger charge is -2.39. The Kier molecular flexibility index (Phi) is 5.61. The summed E-state index contributed by atoms with van der Waals surface area (Å²) in [6.07, 6.45) is 1.01. The molecule has 0 radical (unpaired) electrons. The second kappa shape index (κ2) is 8.14. The topological polar surface area (TPSA) is 32.8 Å². The largest absolute Gasteiger partial charge is 0.497 e. The number of hydrogen-bond donors (Lipinski definition) is 0. The molecule has 5 heteroatoms. The van der Waals surface area contributed by atoms with Crippen LogP contribution in [0.4, 0.5) is 0 Å². The first-order valence-corrected chi connectivity index (χ1v) is 10.3. The Morgan fingerprint density at radius 1 is 1.18 bits per heavy atom. The number of rotatable bonds is 4. The molecular formula is C23H27ClN2O2. The van der Waals surface area contributed by atoms with Crippen molar-refractivity contribution < 1.29 is 9.53 Å². The van der Waals surface area contributed by atoms with E-state index in [1.807, 2.05) is 30.3 Å². The summed E-state index contributed by atoms with van der Waals surface area (Å²) >= 11 is 6.38. The van der Waals surface area contributed by atoms with Gasteiger partial charge in [0.1, 0.15) is 5.75 Å². The Morgan fingerprint density at radius 3 is 2.75 bits per heavy atom. The predicted octanol–water partition coefficient (Wildman–Crippen LogP) is 4.19. The lowest BCUT2D eigenvalue weighted by molar-refractivity contribution is -0.130. The molecule has 0 saturated carbocycles. The van der Waals surface area contributed by atoms with Gasteiger partial charge < -0.3 is 9.64 Å². The Bertz CT molecular complexity index is 856. The maximum absolute atomic E-state index is 12.3. The van der Waals surface area contributed by atoms with Crippen LogP contribution in [-0.4, -0.2) is 48.5 Å². The summed E-state index contributed by atoms with van der Waals surface area (Å²) < 4.78 is 5.43. The highest BCUT2D eigenvalue weighted by Crippen LogP contribution is 2.42. The molecule has 3 atom stereocenters. The van der Waals surface area contributed by atoms with E-state index in [0.29, 0.717) is 17.9 Å². The molecule has 0 aliphatic carbocycles. The highest BCUT2D eigenvalue weighted by Gasteiger charge is 2.46. The average Bonchev–Trinajstić information content (AvgIpc) is 3.09. The van der Waals surface area contributed by atoms with Crippen molar-refractivity contribution in [2.45, 2.75) is 31.8 Å². The van der Waals surface area contributed by atoms with Crippen molar-refractivity contribution in [1.82, 2.24) is 9.80 Å². The summed E-state index contributed by atoms with van der Waals surface area (Å²) in [4.78, 5) is 16.9. The van der Waals surface area contributed by atoms with E-state index < -0.39 is 0 Å². The molecule has 2 aromatic carbocycles. The second-order valence-corrected chi connectivity index (χ2v) is 8.31. The minimum absolute atomic E-state index is 0.181. The molecule has 2 aromatic rings. The third-order valence-electron chi connectivity index (χ3n) is 6.29. The number of carbonyl (C=O) groups is 1. The molecule has 2 heterocycles. The van der Waals surface area contributed by atoms with Gasteiger partial charge in [-0.05, 0) is 35.7 Å². The number of halogens is 1. The van der Waals surface area contributed by atoms with Gasteiger partial charge in [0, 0.05) is 56.0 Å². The zero-order valence-electron chi connectivity index (χ0n) is 16.5. The molecular weight excluding hydrogens is 372 g/mol. The van der Waals surface area contributed by atoms with E-state index in [-0.39, 0.29) is 5.91 Å². The van der Waals surface area contributed by atoms with E-state index in [9.17, 15) is 4.79 Å². The van der Waals surface area contributed by atoms with Crippen LogP contribution in [0, 0.1) is 5.92 Å². The van der Waals surface area contributed by atoms with Crippen molar-refractivity contribution in [2.75, 3.05) is 26.7 Å². The number of hydrogen-bond acceptors (Lipinski definition) is 3. The van der Waals surface area contributed by atoms with Crippen LogP contribution in [0.5, 0.6) is 5.75 Å². The quantitative estimate of drug-likeness (QED) is 0.774. The maximum Gasteiger partial charge on any atom is 0.219 e. The van der Waals surface area contributed by atoms with Crippen molar-refractivity contribution in [3.8, 4) is 5.75 Å². The zero-order valence-corrected chi connectivity index (χ0v) is 17.2. The van der Waals surface area contributed by atoms with Crippen LogP contribution >= 0.6 is 11.6 Å². The number of carbonyl (C=O) groups excluding carboxylic acids is 1. The fourth-order valence-corrected chi connectivity index (χ4v) is 5.10. The number of likely N-dealkylation sites (tertiary alicyclic amines) is 2. The monoisotopic (exact) mass is 398 g/mol. The summed E-state index contributed by atoms with van der Waals surface area (Å²) in [6.45, 7) is 5.30. The number of methoxy groups -OCH3 is 1. The van der Waals surface area contributed by atoms with Gasteiger partial charge in [-0.3, -0.25) is 9.69 Å². The van der Waals surface area contributed by atoms with E-state index in [2.05, 4.69) is 28.0 Å². The molecule has 148 valence electrons. The molecule has 2 fully saturated rings. The van der Waals surface area contributed by atoms with E-state index in [4.69, 9.17) is 16.3 Å². The average molecular weight is 399 g/mol. The van der Waals surface area contributed by atoms with Gasteiger partial charge in [0.05, 0.1) is 7.11 Å². The molecule has 0 unspecified atom stereocenters. The van der Waals surface area contributed by atoms with E-state index in [1.165, 1.54) is 11.1 Å². The summed E-state index contributed by atoms with van der Waals surface area (Å²) in [5, 5.41) is 0.825. The minimum Gasteiger partial charge on any atom is -0.497 e. The number of ether oxygens (including phenoxy) is 1. The number of piperidine rings is 1. The first kappa shape index (κ1) is 19.3. The fraction of sp³-hybridized carbons (Fsp3) is 0.435. The van der Waals surface area contributed by atoms with E-state index in [1.54, 1.807) is 14.0 Å². The summed E-state index contributed by atoms with van der Waals surface area (Å²) in [5.74, 6) is 1.81. The Balaban J connectivity index is 1.58. The van der Waals surface area contributed by atoms with Gasteiger partial charge in [0.25, 0.3) is 0 Å². The number of benzene rings is 2. The molecule has 4 nitrogen and oxygen atoms in total. The molecule has 0 bridgehead atoms.